The molecular formula is C16H14N6. The number of benzene rings is 2. The maximum Gasteiger partial charge on any atom is 0.273 e. The molecule has 0 bridgehead atoms. The third kappa shape index (κ3) is 3.24. The second-order valence-electron chi connectivity index (χ2n) is 4.49. The zero-order valence-corrected chi connectivity index (χ0v) is 11.7. The van der Waals surface area contributed by atoms with Gasteiger partial charge in [0.2, 0.25) is 5.95 Å². The molecule has 0 aliphatic carbocycles. The Morgan fingerprint density at radius 3 is 2.05 bits per heavy atom. The van der Waals surface area contributed by atoms with Crippen molar-refractivity contribution in [3.8, 4) is 0 Å². The average Bonchev–Trinajstić information content (AvgIpc) is 2.93. The SMILES string of the molecule is Nc1nnc(/N=C/c2ccccc2)n1/N=C/c1ccccc1. The first-order valence-electron chi connectivity index (χ1n) is 6.72. The quantitative estimate of drug-likeness (QED) is 0.749. The molecule has 0 atom stereocenters. The van der Waals surface area contributed by atoms with E-state index in [2.05, 4.69) is 20.3 Å². The topological polar surface area (TPSA) is 81.5 Å². The summed E-state index contributed by atoms with van der Waals surface area (Å²) < 4.78 is 1.40. The molecule has 0 saturated carbocycles. The summed E-state index contributed by atoms with van der Waals surface area (Å²) in [6, 6.07) is 19.4. The summed E-state index contributed by atoms with van der Waals surface area (Å²) in [4.78, 5) is 4.28. The lowest BCUT2D eigenvalue weighted by Crippen LogP contribution is -1.98. The molecule has 22 heavy (non-hydrogen) atoms. The van der Waals surface area contributed by atoms with Crippen molar-refractivity contribution in [3.05, 3.63) is 71.8 Å². The van der Waals surface area contributed by atoms with E-state index in [-0.39, 0.29) is 5.95 Å². The number of hydrogen-bond donors (Lipinski definition) is 1. The van der Waals surface area contributed by atoms with Crippen molar-refractivity contribution in [1.82, 2.24) is 14.9 Å². The van der Waals surface area contributed by atoms with Crippen molar-refractivity contribution >= 4 is 24.3 Å². The third-order valence-electron chi connectivity index (χ3n) is 2.90. The molecule has 0 unspecified atom stereocenters. The Bertz CT molecular complexity index is 790. The van der Waals surface area contributed by atoms with Gasteiger partial charge in [-0.3, -0.25) is 0 Å². The molecule has 1 aromatic heterocycles. The van der Waals surface area contributed by atoms with Crippen LogP contribution in [0.25, 0.3) is 0 Å². The number of rotatable bonds is 4. The minimum Gasteiger partial charge on any atom is -0.366 e. The Balaban J connectivity index is 1.85. The number of aromatic nitrogens is 3. The summed E-state index contributed by atoms with van der Waals surface area (Å²) in [5.74, 6) is 0.515. The van der Waals surface area contributed by atoms with E-state index in [1.807, 2.05) is 60.7 Å². The molecule has 6 nitrogen and oxygen atoms in total. The van der Waals surface area contributed by atoms with Gasteiger partial charge in [0.25, 0.3) is 5.95 Å². The lowest BCUT2D eigenvalue weighted by molar-refractivity contribution is 0.892. The summed E-state index contributed by atoms with van der Waals surface area (Å²) >= 11 is 0. The summed E-state index contributed by atoms with van der Waals surface area (Å²) in [5.41, 5.74) is 7.69. The van der Waals surface area contributed by atoms with Gasteiger partial charge in [-0.25, -0.2) is 4.99 Å². The number of hydrogen-bond acceptors (Lipinski definition) is 5. The van der Waals surface area contributed by atoms with Crippen molar-refractivity contribution in [2.75, 3.05) is 5.73 Å². The monoisotopic (exact) mass is 290 g/mol. The van der Waals surface area contributed by atoms with Crippen LogP contribution in [0.2, 0.25) is 0 Å². The van der Waals surface area contributed by atoms with Gasteiger partial charge in [0.1, 0.15) is 0 Å². The molecule has 3 aromatic rings. The van der Waals surface area contributed by atoms with Gasteiger partial charge in [-0.05, 0) is 11.1 Å². The molecular weight excluding hydrogens is 276 g/mol. The van der Waals surface area contributed by atoms with Gasteiger partial charge in [-0.2, -0.15) is 9.78 Å². The Hall–Kier alpha value is -3.28. The Morgan fingerprint density at radius 1 is 0.818 bits per heavy atom. The molecule has 3 rings (SSSR count). The summed E-state index contributed by atoms with van der Waals surface area (Å²) in [5, 5.41) is 12.0. The van der Waals surface area contributed by atoms with Crippen LogP contribution >= 0.6 is 0 Å². The van der Waals surface area contributed by atoms with Crippen molar-refractivity contribution in [2.45, 2.75) is 0 Å². The molecule has 0 radical (unpaired) electrons. The van der Waals surface area contributed by atoms with Crippen LogP contribution in [0.4, 0.5) is 11.9 Å². The number of nitrogens with zero attached hydrogens (tertiary/aromatic N) is 5. The largest absolute Gasteiger partial charge is 0.366 e. The lowest BCUT2D eigenvalue weighted by atomic mass is 10.2. The first-order chi connectivity index (χ1) is 10.8. The minimum atomic E-state index is 0.187. The fourth-order valence-electron chi connectivity index (χ4n) is 1.81. The van der Waals surface area contributed by atoms with Crippen molar-refractivity contribution in [2.24, 2.45) is 10.1 Å². The van der Waals surface area contributed by atoms with Crippen LogP contribution in [0, 0.1) is 0 Å². The van der Waals surface area contributed by atoms with Gasteiger partial charge in [-0.15, -0.1) is 10.2 Å². The van der Waals surface area contributed by atoms with E-state index in [0.717, 1.165) is 11.1 Å². The van der Waals surface area contributed by atoms with E-state index in [1.54, 1.807) is 12.4 Å². The van der Waals surface area contributed by atoms with Crippen LogP contribution in [0.5, 0.6) is 0 Å². The van der Waals surface area contributed by atoms with E-state index < -0.39 is 0 Å². The first-order valence-corrected chi connectivity index (χ1v) is 6.72. The molecule has 2 aromatic carbocycles. The van der Waals surface area contributed by atoms with E-state index >= 15 is 0 Å². The maximum atomic E-state index is 5.78. The normalized spacial score (nSPS) is 11.5. The van der Waals surface area contributed by atoms with Crippen molar-refractivity contribution in [3.63, 3.8) is 0 Å². The van der Waals surface area contributed by atoms with Crippen molar-refractivity contribution < 1.29 is 0 Å². The highest BCUT2D eigenvalue weighted by molar-refractivity contribution is 5.81. The first kappa shape index (κ1) is 13.7. The van der Waals surface area contributed by atoms with E-state index in [4.69, 9.17) is 5.73 Å². The molecule has 0 saturated heterocycles. The maximum absolute atomic E-state index is 5.78. The molecule has 0 spiro atoms. The summed E-state index contributed by atoms with van der Waals surface area (Å²) in [7, 11) is 0. The van der Waals surface area contributed by atoms with Crippen molar-refractivity contribution in [1.29, 1.82) is 0 Å². The Kier molecular flexibility index (Phi) is 4.01. The van der Waals surface area contributed by atoms with Crippen LogP contribution < -0.4 is 5.73 Å². The molecule has 6 heteroatoms. The smallest absolute Gasteiger partial charge is 0.273 e. The fourth-order valence-corrected chi connectivity index (χ4v) is 1.81. The summed E-state index contributed by atoms with van der Waals surface area (Å²) in [6.45, 7) is 0. The minimum absolute atomic E-state index is 0.187. The molecule has 0 aliphatic rings. The third-order valence-corrected chi connectivity index (χ3v) is 2.90. The lowest BCUT2D eigenvalue weighted by Gasteiger charge is -1.97. The van der Waals surface area contributed by atoms with E-state index in [0.29, 0.717) is 5.95 Å². The zero-order valence-electron chi connectivity index (χ0n) is 11.7. The van der Waals surface area contributed by atoms with E-state index in [1.165, 1.54) is 4.68 Å². The molecule has 0 amide bonds. The molecule has 2 N–H and O–H groups in total. The van der Waals surface area contributed by atoms with Gasteiger partial charge >= 0.3 is 0 Å². The number of aliphatic imine (C=N–C) groups is 1. The second-order valence-corrected chi connectivity index (χ2v) is 4.49. The molecule has 0 aliphatic heterocycles. The van der Waals surface area contributed by atoms with Crippen LogP contribution in [0.1, 0.15) is 11.1 Å². The van der Waals surface area contributed by atoms with Crippen LogP contribution in [-0.4, -0.2) is 27.3 Å². The Labute approximate surface area is 127 Å². The van der Waals surface area contributed by atoms with Gasteiger partial charge in [-0.1, -0.05) is 60.7 Å². The standard InChI is InChI=1S/C16H14N6/c17-15-20-21-16(18-11-13-7-3-1-4-8-13)22(15)19-12-14-9-5-2-6-10-14/h1-12H,(H2,17,20)/b18-11+,19-12+. The number of nitrogen functional groups attached to an aromatic ring is 1. The highest BCUT2D eigenvalue weighted by atomic mass is 15.5. The van der Waals surface area contributed by atoms with Gasteiger partial charge in [0.05, 0.1) is 6.21 Å². The predicted molar refractivity (Wildman–Crippen MR) is 87.6 cm³/mol. The fraction of sp³-hybridized carbons (Fsp3) is 0. The van der Waals surface area contributed by atoms with Gasteiger partial charge in [0, 0.05) is 6.21 Å². The highest BCUT2D eigenvalue weighted by Gasteiger charge is 2.06. The second kappa shape index (κ2) is 6.45. The highest BCUT2D eigenvalue weighted by Crippen LogP contribution is 2.12. The Morgan fingerprint density at radius 2 is 1.41 bits per heavy atom. The van der Waals surface area contributed by atoms with Crippen LogP contribution in [0.3, 0.4) is 0 Å². The predicted octanol–water partition coefficient (Wildman–Crippen LogP) is 2.49. The van der Waals surface area contributed by atoms with Crippen LogP contribution in [-0.2, 0) is 0 Å². The molecule has 108 valence electrons. The van der Waals surface area contributed by atoms with Gasteiger partial charge in [0.15, 0.2) is 0 Å². The van der Waals surface area contributed by atoms with Crippen LogP contribution in [0.15, 0.2) is 70.8 Å². The molecule has 0 fully saturated rings. The number of anilines is 1. The van der Waals surface area contributed by atoms with E-state index in [9.17, 15) is 0 Å². The molecule has 1 heterocycles. The van der Waals surface area contributed by atoms with Gasteiger partial charge < -0.3 is 5.73 Å². The number of nitrogens with two attached hydrogens (primary N) is 1. The zero-order chi connectivity index (χ0) is 15.2. The average molecular weight is 290 g/mol. The summed E-state index contributed by atoms with van der Waals surface area (Å²) in [6.07, 6.45) is 3.37.